The Labute approximate surface area is 133 Å². The van der Waals surface area contributed by atoms with Crippen molar-refractivity contribution >= 4 is 11.8 Å². The summed E-state index contributed by atoms with van der Waals surface area (Å²) in [6.45, 7) is 5.72. The number of hydrogen-bond donors (Lipinski definition) is 3. The minimum atomic E-state index is -0.953. The maximum Gasteiger partial charge on any atom is 0.257 e. The van der Waals surface area contributed by atoms with Crippen LogP contribution in [0.15, 0.2) is 18.2 Å². The smallest absolute Gasteiger partial charge is 0.257 e. The Morgan fingerprint density at radius 1 is 1.26 bits per heavy atom. The normalized spacial score (nSPS) is 15.9. The van der Waals surface area contributed by atoms with Gasteiger partial charge in [-0.05, 0) is 18.1 Å². The number of rotatable bonds is 6. The molecule has 0 saturated carbocycles. The third-order valence-electron chi connectivity index (χ3n) is 3.86. The van der Waals surface area contributed by atoms with Crippen molar-refractivity contribution < 1.29 is 18.4 Å². The molecular formula is C16H21F2N3O2. The van der Waals surface area contributed by atoms with Gasteiger partial charge in [0.05, 0.1) is 0 Å². The molecule has 0 radical (unpaired) electrons. The summed E-state index contributed by atoms with van der Waals surface area (Å²) in [5.41, 5.74) is -0.672. The van der Waals surface area contributed by atoms with Crippen molar-refractivity contribution in [2.75, 3.05) is 19.6 Å². The zero-order valence-electron chi connectivity index (χ0n) is 13.2. The first kappa shape index (κ1) is 17.3. The molecule has 1 heterocycles. The van der Waals surface area contributed by atoms with Gasteiger partial charge in [0.1, 0.15) is 23.2 Å². The molecule has 7 heteroatoms. The molecular weight excluding hydrogens is 304 g/mol. The van der Waals surface area contributed by atoms with Gasteiger partial charge in [0.25, 0.3) is 5.91 Å². The third-order valence-corrected chi connectivity index (χ3v) is 3.86. The van der Waals surface area contributed by atoms with Crippen molar-refractivity contribution in [2.45, 2.75) is 19.9 Å². The largest absolute Gasteiger partial charge is 0.354 e. The van der Waals surface area contributed by atoms with Gasteiger partial charge in [0.2, 0.25) is 5.91 Å². The highest BCUT2D eigenvalue weighted by Gasteiger charge is 2.28. The average Bonchev–Trinajstić information content (AvgIpc) is 2.42. The zero-order valence-corrected chi connectivity index (χ0v) is 13.2. The molecule has 0 spiro atoms. The van der Waals surface area contributed by atoms with Gasteiger partial charge < -0.3 is 16.0 Å². The van der Waals surface area contributed by atoms with Crippen LogP contribution in [0.3, 0.4) is 0 Å². The lowest BCUT2D eigenvalue weighted by atomic mass is 10.0. The van der Waals surface area contributed by atoms with E-state index in [9.17, 15) is 18.4 Å². The molecule has 0 bridgehead atoms. The van der Waals surface area contributed by atoms with Crippen molar-refractivity contribution in [2.24, 2.45) is 11.8 Å². The molecule has 5 nitrogen and oxygen atoms in total. The van der Waals surface area contributed by atoms with Gasteiger partial charge in [0.15, 0.2) is 0 Å². The van der Waals surface area contributed by atoms with Gasteiger partial charge in [-0.1, -0.05) is 19.9 Å². The molecule has 1 saturated heterocycles. The standard InChI is InChI=1S/C16H21F2N3O2/c1-9(2)14(16(23)20-8-10-6-19-7-10)21-15(22)13-11(17)4-3-5-12(13)18/h3-5,9-10,14,19H,6-8H2,1-2H3,(H,20,23)(H,21,22)/t14-/m0/s1. The Kier molecular flexibility index (Phi) is 5.65. The van der Waals surface area contributed by atoms with Crippen LogP contribution in [0, 0.1) is 23.5 Å². The molecule has 1 atom stereocenters. The van der Waals surface area contributed by atoms with Crippen LogP contribution >= 0.6 is 0 Å². The highest BCUT2D eigenvalue weighted by atomic mass is 19.1. The fraction of sp³-hybridized carbons (Fsp3) is 0.500. The molecule has 23 heavy (non-hydrogen) atoms. The Balaban J connectivity index is 2.03. The maximum absolute atomic E-state index is 13.7. The van der Waals surface area contributed by atoms with E-state index in [4.69, 9.17) is 0 Å². The Hall–Kier alpha value is -2.02. The molecule has 126 valence electrons. The van der Waals surface area contributed by atoms with Crippen LogP contribution in [-0.4, -0.2) is 37.5 Å². The van der Waals surface area contributed by atoms with Crippen LogP contribution in [0.4, 0.5) is 8.78 Å². The molecule has 2 amide bonds. The van der Waals surface area contributed by atoms with Crippen molar-refractivity contribution in [1.82, 2.24) is 16.0 Å². The summed E-state index contributed by atoms with van der Waals surface area (Å²) in [5, 5.41) is 8.30. The van der Waals surface area contributed by atoms with E-state index in [0.717, 1.165) is 25.2 Å². The summed E-state index contributed by atoms with van der Waals surface area (Å²) >= 11 is 0. The van der Waals surface area contributed by atoms with Gasteiger partial charge in [-0.3, -0.25) is 9.59 Å². The van der Waals surface area contributed by atoms with E-state index >= 15 is 0 Å². The van der Waals surface area contributed by atoms with Crippen molar-refractivity contribution in [1.29, 1.82) is 0 Å². The lowest BCUT2D eigenvalue weighted by Crippen LogP contribution is -2.54. The summed E-state index contributed by atoms with van der Waals surface area (Å²) in [4.78, 5) is 24.4. The van der Waals surface area contributed by atoms with Crippen LogP contribution in [0.2, 0.25) is 0 Å². The SMILES string of the molecule is CC(C)[C@H](NC(=O)c1c(F)cccc1F)C(=O)NCC1CNC1. The quantitative estimate of drug-likeness (QED) is 0.732. The second kappa shape index (κ2) is 7.50. The third kappa shape index (κ3) is 4.25. The first-order valence-electron chi connectivity index (χ1n) is 7.63. The molecule has 0 aromatic heterocycles. The maximum atomic E-state index is 13.7. The van der Waals surface area contributed by atoms with Gasteiger partial charge in [0, 0.05) is 25.6 Å². The topological polar surface area (TPSA) is 70.2 Å². The van der Waals surface area contributed by atoms with Gasteiger partial charge in [-0.15, -0.1) is 0 Å². The average molecular weight is 325 g/mol. The predicted molar refractivity (Wildman–Crippen MR) is 81.8 cm³/mol. The van der Waals surface area contributed by atoms with Crippen molar-refractivity contribution in [3.05, 3.63) is 35.4 Å². The van der Waals surface area contributed by atoms with Crippen LogP contribution in [0.1, 0.15) is 24.2 Å². The molecule has 1 aromatic rings. The first-order chi connectivity index (χ1) is 10.9. The van der Waals surface area contributed by atoms with E-state index in [1.165, 1.54) is 6.07 Å². The molecule has 0 aliphatic carbocycles. The molecule has 1 fully saturated rings. The second-order valence-electron chi connectivity index (χ2n) is 6.06. The van der Waals surface area contributed by atoms with Gasteiger partial charge >= 0.3 is 0 Å². The number of benzene rings is 1. The van der Waals surface area contributed by atoms with E-state index in [-0.39, 0.29) is 11.8 Å². The molecule has 1 aliphatic heterocycles. The van der Waals surface area contributed by atoms with Crippen molar-refractivity contribution in [3.8, 4) is 0 Å². The summed E-state index contributed by atoms with van der Waals surface area (Å²) in [6.07, 6.45) is 0. The number of amides is 2. The summed E-state index contributed by atoms with van der Waals surface area (Å²) in [7, 11) is 0. The summed E-state index contributed by atoms with van der Waals surface area (Å²) in [6, 6.07) is 2.34. The Morgan fingerprint density at radius 3 is 2.35 bits per heavy atom. The molecule has 1 aliphatic rings. The number of halogens is 2. The van der Waals surface area contributed by atoms with E-state index in [2.05, 4.69) is 16.0 Å². The first-order valence-corrected chi connectivity index (χ1v) is 7.63. The minimum absolute atomic E-state index is 0.215. The van der Waals surface area contributed by atoms with Crippen molar-refractivity contribution in [3.63, 3.8) is 0 Å². The summed E-state index contributed by atoms with van der Waals surface area (Å²) in [5.74, 6) is -3.02. The zero-order chi connectivity index (χ0) is 17.0. The fourth-order valence-corrected chi connectivity index (χ4v) is 2.31. The number of hydrogen-bond acceptors (Lipinski definition) is 3. The molecule has 0 unspecified atom stereocenters. The number of carbonyl (C=O) groups excluding carboxylic acids is 2. The van der Waals surface area contributed by atoms with E-state index in [0.29, 0.717) is 12.5 Å². The van der Waals surface area contributed by atoms with Crippen LogP contribution < -0.4 is 16.0 Å². The predicted octanol–water partition coefficient (Wildman–Crippen LogP) is 1.05. The lowest BCUT2D eigenvalue weighted by Gasteiger charge is -2.29. The highest BCUT2D eigenvalue weighted by molar-refractivity contribution is 5.98. The molecule has 1 aromatic carbocycles. The second-order valence-corrected chi connectivity index (χ2v) is 6.06. The van der Waals surface area contributed by atoms with Crippen LogP contribution in [-0.2, 0) is 4.79 Å². The van der Waals surface area contributed by atoms with E-state index in [1.54, 1.807) is 13.8 Å². The Morgan fingerprint density at radius 2 is 1.87 bits per heavy atom. The van der Waals surface area contributed by atoms with Gasteiger partial charge in [-0.25, -0.2) is 8.78 Å². The monoisotopic (exact) mass is 325 g/mol. The lowest BCUT2D eigenvalue weighted by molar-refractivity contribution is -0.124. The van der Waals surface area contributed by atoms with E-state index < -0.39 is 29.1 Å². The number of carbonyl (C=O) groups is 2. The highest BCUT2D eigenvalue weighted by Crippen LogP contribution is 2.13. The molecule has 2 rings (SSSR count). The van der Waals surface area contributed by atoms with Gasteiger partial charge in [-0.2, -0.15) is 0 Å². The fourth-order valence-electron chi connectivity index (χ4n) is 2.31. The van der Waals surface area contributed by atoms with E-state index in [1.807, 2.05) is 0 Å². The number of nitrogens with one attached hydrogen (secondary N) is 3. The summed E-state index contributed by atoms with van der Waals surface area (Å²) < 4.78 is 27.3. The molecule has 3 N–H and O–H groups in total. The Bertz CT molecular complexity index is 568. The minimum Gasteiger partial charge on any atom is -0.354 e. The van der Waals surface area contributed by atoms with Crippen LogP contribution in [0.25, 0.3) is 0 Å². The van der Waals surface area contributed by atoms with Crippen LogP contribution in [0.5, 0.6) is 0 Å².